The Labute approximate surface area is 137 Å². The fourth-order valence-corrected chi connectivity index (χ4v) is 2.51. The van der Waals surface area contributed by atoms with E-state index in [1.165, 1.54) is 0 Å². The molecule has 22 heavy (non-hydrogen) atoms. The van der Waals surface area contributed by atoms with Crippen molar-refractivity contribution in [2.24, 2.45) is 5.92 Å². The number of nitrogens with one attached hydrogen (secondary N) is 3. The highest BCUT2D eigenvalue weighted by Gasteiger charge is 2.25. The van der Waals surface area contributed by atoms with E-state index in [0.717, 1.165) is 24.3 Å². The van der Waals surface area contributed by atoms with Gasteiger partial charge in [0, 0.05) is 31.1 Å². The number of amides is 2. The second-order valence-electron chi connectivity index (χ2n) is 5.29. The molecule has 0 spiro atoms. The first-order valence-corrected chi connectivity index (χ1v) is 7.57. The molecule has 3 N–H and O–H groups in total. The fraction of sp³-hybridized carbons (Fsp3) is 0.500. The van der Waals surface area contributed by atoms with E-state index in [0.29, 0.717) is 25.8 Å². The van der Waals surface area contributed by atoms with Crippen molar-refractivity contribution in [1.82, 2.24) is 10.6 Å². The summed E-state index contributed by atoms with van der Waals surface area (Å²) in [6, 6.07) is 7.83. The van der Waals surface area contributed by atoms with Crippen molar-refractivity contribution in [1.29, 1.82) is 0 Å². The van der Waals surface area contributed by atoms with E-state index >= 15 is 0 Å². The lowest BCUT2D eigenvalue weighted by atomic mass is 9.89. The van der Waals surface area contributed by atoms with Crippen molar-refractivity contribution in [2.45, 2.75) is 26.2 Å². The number of fused-ring (bicyclic) bond motifs is 1. The molecule has 1 aliphatic rings. The van der Waals surface area contributed by atoms with E-state index in [9.17, 15) is 9.59 Å². The average molecular weight is 326 g/mol. The Balaban J connectivity index is 0.00000242. The van der Waals surface area contributed by atoms with Crippen LogP contribution in [0.3, 0.4) is 0 Å². The van der Waals surface area contributed by atoms with Gasteiger partial charge in [0.15, 0.2) is 0 Å². The minimum atomic E-state index is -0.112. The van der Waals surface area contributed by atoms with Gasteiger partial charge in [0.1, 0.15) is 0 Å². The molecule has 2 rings (SSSR count). The first kappa shape index (κ1) is 18.5. The van der Waals surface area contributed by atoms with Crippen LogP contribution in [0.15, 0.2) is 24.3 Å². The third-order valence-corrected chi connectivity index (χ3v) is 3.71. The maximum atomic E-state index is 12.0. The lowest BCUT2D eigenvalue weighted by molar-refractivity contribution is -0.122. The molecule has 1 atom stereocenters. The summed E-state index contributed by atoms with van der Waals surface area (Å²) in [4.78, 5) is 23.7. The minimum Gasteiger partial charge on any atom is -0.355 e. The van der Waals surface area contributed by atoms with E-state index < -0.39 is 0 Å². The second-order valence-corrected chi connectivity index (χ2v) is 5.29. The Morgan fingerprint density at radius 1 is 1.32 bits per heavy atom. The summed E-state index contributed by atoms with van der Waals surface area (Å²) in [5.41, 5.74) is 2.04. The number of anilines is 1. The van der Waals surface area contributed by atoms with Crippen LogP contribution in [0.4, 0.5) is 5.69 Å². The zero-order chi connectivity index (χ0) is 15.1. The number of rotatable bonds is 7. The number of likely N-dealkylation sites (N-methyl/N-ethyl adjacent to an activating group) is 1. The Morgan fingerprint density at radius 2 is 2.09 bits per heavy atom. The molecule has 0 radical (unpaired) electrons. The van der Waals surface area contributed by atoms with Crippen LogP contribution < -0.4 is 16.0 Å². The highest BCUT2D eigenvalue weighted by molar-refractivity contribution is 5.96. The molecule has 0 bridgehead atoms. The van der Waals surface area contributed by atoms with Gasteiger partial charge in [-0.3, -0.25) is 9.59 Å². The maximum Gasteiger partial charge on any atom is 0.227 e. The molecule has 1 heterocycles. The van der Waals surface area contributed by atoms with Crippen molar-refractivity contribution in [3.63, 3.8) is 0 Å². The van der Waals surface area contributed by atoms with Crippen LogP contribution in [0.25, 0.3) is 0 Å². The molecular weight excluding hydrogens is 302 g/mol. The van der Waals surface area contributed by atoms with E-state index in [1.54, 1.807) is 0 Å². The highest BCUT2D eigenvalue weighted by Crippen LogP contribution is 2.27. The molecule has 2 amide bonds. The molecule has 1 aliphatic heterocycles. The molecule has 1 aromatic carbocycles. The quantitative estimate of drug-likeness (QED) is 0.669. The van der Waals surface area contributed by atoms with Crippen LogP contribution in [-0.4, -0.2) is 31.4 Å². The average Bonchev–Trinajstić information content (AvgIpc) is 2.49. The van der Waals surface area contributed by atoms with Crippen molar-refractivity contribution in [3.8, 4) is 0 Å². The lowest BCUT2D eigenvalue weighted by Gasteiger charge is -2.24. The van der Waals surface area contributed by atoms with Gasteiger partial charge in [-0.15, -0.1) is 12.4 Å². The third kappa shape index (κ3) is 5.31. The number of carbonyl (C=O) groups excluding carboxylic acids is 2. The molecule has 0 aromatic heterocycles. The maximum absolute atomic E-state index is 12.0. The fourth-order valence-electron chi connectivity index (χ4n) is 2.51. The molecule has 0 fully saturated rings. The molecule has 5 nitrogen and oxygen atoms in total. The first-order valence-electron chi connectivity index (χ1n) is 7.57. The minimum absolute atomic E-state index is 0. The zero-order valence-corrected chi connectivity index (χ0v) is 13.7. The van der Waals surface area contributed by atoms with Gasteiger partial charge in [-0.05, 0) is 31.0 Å². The number of halogens is 1. The van der Waals surface area contributed by atoms with Crippen molar-refractivity contribution in [3.05, 3.63) is 29.8 Å². The number of para-hydroxylation sites is 1. The number of hydrogen-bond donors (Lipinski definition) is 3. The third-order valence-electron chi connectivity index (χ3n) is 3.71. The standard InChI is InChI=1S/C16H23N3O2.ClH/c1-2-17-9-10-18-15(20)8-7-13-11-12-5-3-4-6-14(12)19-16(13)21;/h3-6,13,17H,2,7-11H2,1H3,(H,18,20)(H,19,21);1H. The summed E-state index contributed by atoms with van der Waals surface area (Å²) in [5, 5.41) is 8.92. The number of benzene rings is 1. The highest BCUT2D eigenvalue weighted by atomic mass is 35.5. The van der Waals surface area contributed by atoms with Gasteiger partial charge in [-0.25, -0.2) is 0 Å². The van der Waals surface area contributed by atoms with Crippen molar-refractivity contribution in [2.75, 3.05) is 25.0 Å². The normalized spacial score (nSPS) is 16.2. The molecule has 1 aromatic rings. The molecule has 0 saturated heterocycles. The van der Waals surface area contributed by atoms with Crippen LogP contribution >= 0.6 is 12.4 Å². The van der Waals surface area contributed by atoms with Gasteiger partial charge in [0.05, 0.1) is 0 Å². The lowest BCUT2D eigenvalue weighted by Crippen LogP contribution is -2.34. The number of carbonyl (C=O) groups is 2. The summed E-state index contributed by atoms with van der Waals surface area (Å²) in [7, 11) is 0. The summed E-state index contributed by atoms with van der Waals surface area (Å²) in [6.45, 7) is 4.34. The summed E-state index contributed by atoms with van der Waals surface area (Å²) >= 11 is 0. The van der Waals surface area contributed by atoms with Crippen LogP contribution in [0.1, 0.15) is 25.3 Å². The molecular formula is C16H24ClN3O2. The second kappa shape index (κ2) is 9.43. The van der Waals surface area contributed by atoms with Gasteiger partial charge in [-0.1, -0.05) is 25.1 Å². The largest absolute Gasteiger partial charge is 0.355 e. The van der Waals surface area contributed by atoms with E-state index in [1.807, 2.05) is 31.2 Å². The Morgan fingerprint density at radius 3 is 2.86 bits per heavy atom. The molecule has 0 aliphatic carbocycles. The van der Waals surface area contributed by atoms with Crippen LogP contribution in [0, 0.1) is 5.92 Å². The van der Waals surface area contributed by atoms with Gasteiger partial charge in [0.2, 0.25) is 11.8 Å². The van der Waals surface area contributed by atoms with Crippen LogP contribution in [0.2, 0.25) is 0 Å². The number of hydrogen-bond acceptors (Lipinski definition) is 3. The van der Waals surface area contributed by atoms with Crippen molar-refractivity contribution >= 4 is 29.9 Å². The smallest absolute Gasteiger partial charge is 0.227 e. The molecule has 122 valence electrons. The van der Waals surface area contributed by atoms with E-state index in [2.05, 4.69) is 16.0 Å². The molecule has 1 unspecified atom stereocenters. The van der Waals surface area contributed by atoms with E-state index in [4.69, 9.17) is 0 Å². The van der Waals surface area contributed by atoms with Crippen molar-refractivity contribution < 1.29 is 9.59 Å². The van der Waals surface area contributed by atoms with Gasteiger partial charge in [0.25, 0.3) is 0 Å². The first-order chi connectivity index (χ1) is 10.2. The van der Waals surface area contributed by atoms with Crippen LogP contribution in [-0.2, 0) is 16.0 Å². The Hall–Kier alpha value is -1.59. The Bertz CT molecular complexity index is 508. The topological polar surface area (TPSA) is 70.2 Å². The van der Waals surface area contributed by atoms with Gasteiger partial charge < -0.3 is 16.0 Å². The van der Waals surface area contributed by atoms with Gasteiger partial charge >= 0.3 is 0 Å². The molecule has 0 saturated carbocycles. The Kier molecular flexibility index (Phi) is 7.91. The van der Waals surface area contributed by atoms with Crippen LogP contribution in [0.5, 0.6) is 0 Å². The summed E-state index contributed by atoms with van der Waals surface area (Å²) in [5.74, 6) is -0.0758. The summed E-state index contributed by atoms with van der Waals surface area (Å²) in [6.07, 6.45) is 1.70. The SMILES string of the molecule is CCNCCNC(=O)CCC1Cc2ccccc2NC1=O.Cl. The summed E-state index contributed by atoms with van der Waals surface area (Å²) < 4.78 is 0. The van der Waals surface area contributed by atoms with E-state index in [-0.39, 0.29) is 30.1 Å². The zero-order valence-electron chi connectivity index (χ0n) is 12.9. The predicted molar refractivity (Wildman–Crippen MR) is 90.3 cm³/mol. The monoisotopic (exact) mass is 325 g/mol. The predicted octanol–water partition coefficient (Wildman–Crippen LogP) is 1.73. The van der Waals surface area contributed by atoms with Gasteiger partial charge in [-0.2, -0.15) is 0 Å². The molecule has 6 heteroatoms.